The molecule has 4 nitrogen and oxygen atoms in total. The third-order valence-electron chi connectivity index (χ3n) is 3.90. The minimum absolute atomic E-state index is 0.101. The lowest BCUT2D eigenvalue weighted by Gasteiger charge is -2.06. The van der Waals surface area contributed by atoms with Crippen LogP contribution < -0.4 is 5.32 Å². The topological polar surface area (TPSA) is 46.9 Å². The summed E-state index contributed by atoms with van der Waals surface area (Å²) in [5.41, 5.74) is 3.53. The first-order valence-corrected chi connectivity index (χ1v) is 8.15. The van der Waals surface area contributed by atoms with E-state index in [0.717, 1.165) is 31.8 Å². The lowest BCUT2D eigenvalue weighted by Crippen LogP contribution is -2.11. The van der Waals surface area contributed by atoms with Crippen LogP contribution >= 0.6 is 11.3 Å². The summed E-state index contributed by atoms with van der Waals surface area (Å²) in [5, 5.41) is 5.05. The van der Waals surface area contributed by atoms with Gasteiger partial charge >= 0.3 is 0 Å². The van der Waals surface area contributed by atoms with Crippen LogP contribution in [0.25, 0.3) is 21.1 Å². The van der Waals surface area contributed by atoms with E-state index in [9.17, 15) is 4.79 Å². The third kappa shape index (κ3) is 2.49. The fraction of sp³-hybridized carbons (Fsp3) is 0.111. The van der Waals surface area contributed by atoms with Crippen LogP contribution in [0.4, 0.5) is 5.69 Å². The summed E-state index contributed by atoms with van der Waals surface area (Å²) in [6, 6.07) is 13.6. The Kier molecular flexibility index (Phi) is 3.16. The molecule has 0 atom stereocenters. The van der Waals surface area contributed by atoms with E-state index in [0.29, 0.717) is 5.56 Å². The number of fused-ring (bicyclic) bond motifs is 2. The molecule has 0 aliphatic rings. The van der Waals surface area contributed by atoms with Crippen molar-refractivity contribution >= 4 is 44.1 Å². The fourth-order valence-electron chi connectivity index (χ4n) is 2.74. The van der Waals surface area contributed by atoms with Gasteiger partial charge in [0, 0.05) is 35.4 Å². The second-order valence-electron chi connectivity index (χ2n) is 5.57. The Morgan fingerprint density at radius 3 is 2.91 bits per heavy atom. The molecule has 2 aromatic heterocycles. The number of hydrogen-bond acceptors (Lipinski definition) is 3. The van der Waals surface area contributed by atoms with Crippen LogP contribution in [-0.2, 0) is 7.05 Å². The number of hydrogen-bond donors (Lipinski definition) is 1. The van der Waals surface area contributed by atoms with Crippen molar-refractivity contribution in [2.45, 2.75) is 6.92 Å². The van der Waals surface area contributed by atoms with Crippen molar-refractivity contribution < 1.29 is 4.79 Å². The molecular formula is C18H15N3OS. The molecule has 4 rings (SSSR count). The zero-order valence-electron chi connectivity index (χ0n) is 12.8. The summed E-state index contributed by atoms with van der Waals surface area (Å²) in [7, 11) is 1.99. The molecule has 0 spiro atoms. The molecule has 114 valence electrons. The number of nitrogens with one attached hydrogen (secondary N) is 1. The van der Waals surface area contributed by atoms with Crippen LogP contribution in [0.1, 0.15) is 15.4 Å². The summed E-state index contributed by atoms with van der Waals surface area (Å²) < 4.78 is 3.12. The highest BCUT2D eigenvalue weighted by atomic mass is 32.1. The van der Waals surface area contributed by atoms with E-state index < -0.39 is 0 Å². The Morgan fingerprint density at radius 2 is 2.04 bits per heavy atom. The third-order valence-corrected chi connectivity index (χ3v) is 4.83. The van der Waals surface area contributed by atoms with Crippen molar-refractivity contribution in [3.8, 4) is 0 Å². The normalized spacial score (nSPS) is 11.2. The quantitative estimate of drug-likeness (QED) is 0.596. The summed E-state index contributed by atoms with van der Waals surface area (Å²) >= 11 is 1.63. The number of benzene rings is 2. The second-order valence-corrected chi connectivity index (χ2v) is 6.80. The summed E-state index contributed by atoms with van der Waals surface area (Å²) in [6.45, 7) is 1.98. The van der Waals surface area contributed by atoms with Gasteiger partial charge in [0.2, 0.25) is 0 Å². The van der Waals surface area contributed by atoms with Gasteiger partial charge in [0.15, 0.2) is 0 Å². The van der Waals surface area contributed by atoms with Gasteiger partial charge in [-0.2, -0.15) is 0 Å². The molecule has 0 aliphatic carbocycles. The first kappa shape index (κ1) is 14.0. The zero-order valence-corrected chi connectivity index (χ0v) is 13.6. The molecule has 0 saturated carbocycles. The molecule has 5 heteroatoms. The highest BCUT2D eigenvalue weighted by Gasteiger charge is 2.09. The molecule has 0 unspecified atom stereocenters. The number of carbonyl (C=O) groups is 1. The van der Waals surface area contributed by atoms with Gasteiger partial charge in [-0.15, -0.1) is 11.3 Å². The predicted molar refractivity (Wildman–Crippen MR) is 95.2 cm³/mol. The van der Waals surface area contributed by atoms with Crippen LogP contribution in [0.3, 0.4) is 0 Å². The Hall–Kier alpha value is -2.66. The first-order valence-electron chi connectivity index (χ1n) is 7.34. The lowest BCUT2D eigenvalue weighted by molar-refractivity contribution is 0.102. The van der Waals surface area contributed by atoms with Crippen molar-refractivity contribution in [2.24, 2.45) is 7.05 Å². The Balaban J connectivity index is 1.64. The van der Waals surface area contributed by atoms with Crippen molar-refractivity contribution in [1.29, 1.82) is 0 Å². The number of aromatic nitrogens is 2. The number of rotatable bonds is 2. The van der Waals surface area contributed by atoms with Gasteiger partial charge in [0.05, 0.1) is 15.2 Å². The van der Waals surface area contributed by atoms with Crippen molar-refractivity contribution in [1.82, 2.24) is 9.55 Å². The van der Waals surface area contributed by atoms with E-state index in [1.165, 1.54) is 0 Å². The number of nitrogens with zero attached hydrogens (tertiary/aromatic N) is 2. The zero-order chi connectivity index (χ0) is 16.0. The maximum absolute atomic E-state index is 12.5. The molecule has 0 saturated heterocycles. The molecule has 1 amide bonds. The van der Waals surface area contributed by atoms with Crippen LogP contribution in [-0.4, -0.2) is 15.5 Å². The molecule has 23 heavy (non-hydrogen) atoms. The van der Waals surface area contributed by atoms with Gasteiger partial charge in [0.25, 0.3) is 5.91 Å². The van der Waals surface area contributed by atoms with Crippen molar-refractivity contribution in [3.63, 3.8) is 0 Å². The summed E-state index contributed by atoms with van der Waals surface area (Å²) in [6.07, 6.45) is 1.99. The van der Waals surface area contributed by atoms with E-state index in [2.05, 4.69) is 10.3 Å². The SMILES string of the molecule is Cc1nc2ccc(NC(=O)c3ccc4c(ccn4C)c3)cc2s1. The smallest absolute Gasteiger partial charge is 0.255 e. The van der Waals surface area contributed by atoms with Crippen LogP contribution in [0.5, 0.6) is 0 Å². The maximum Gasteiger partial charge on any atom is 0.255 e. The molecule has 2 heterocycles. The van der Waals surface area contributed by atoms with Gasteiger partial charge in [0.1, 0.15) is 0 Å². The molecular weight excluding hydrogens is 306 g/mol. The lowest BCUT2D eigenvalue weighted by atomic mass is 10.1. The van der Waals surface area contributed by atoms with Crippen LogP contribution in [0, 0.1) is 6.92 Å². The Bertz CT molecular complexity index is 1040. The molecule has 2 aromatic carbocycles. The van der Waals surface area contributed by atoms with Crippen LogP contribution in [0.2, 0.25) is 0 Å². The first-order chi connectivity index (χ1) is 11.1. The van der Waals surface area contributed by atoms with Gasteiger partial charge < -0.3 is 9.88 Å². The average Bonchev–Trinajstić information content (AvgIpc) is 3.08. The van der Waals surface area contributed by atoms with Gasteiger partial charge in [-0.05, 0) is 49.4 Å². The molecule has 0 bridgehead atoms. The number of carbonyl (C=O) groups excluding carboxylic acids is 1. The van der Waals surface area contributed by atoms with Gasteiger partial charge in [-0.1, -0.05) is 0 Å². The highest BCUT2D eigenvalue weighted by Crippen LogP contribution is 2.25. The molecule has 0 aliphatic heterocycles. The van der Waals surface area contributed by atoms with Crippen molar-refractivity contribution in [2.75, 3.05) is 5.32 Å². The standard InChI is InChI=1S/C18H15N3OS/c1-11-19-15-5-4-14(10-17(15)23-11)20-18(22)13-3-6-16-12(9-13)7-8-21(16)2/h3-10H,1-2H3,(H,20,22). The van der Waals surface area contributed by atoms with Crippen LogP contribution in [0.15, 0.2) is 48.7 Å². The fourth-order valence-corrected chi connectivity index (χ4v) is 3.61. The molecule has 1 N–H and O–H groups in total. The van der Waals surface area contributed by atoms with E-state index in [1.54, 1.807) is 11.3 Å². The largest absolute Gasteiger partial charge is 0.351 e. The predicted octanol–water partition coefficient (Wildman–Crippen LogP) is 4.35. The van der Waals surface area contributed by atoms with E-state index in [1.807, 2.05) is 67.2 Å². The minimum atomic E-state index is -0.101. The van der Waals surface area contributed by atoms with Gasteiger partial charge in [-0.3, -0.25) is 4.79 Å². The van der Waals surface area contributed by atoms with E-state index in [4.69, 9.17) is 0 Å². The Morgan fingerprint density at radius 1 is 1.17 bits per heavy atom. The number of amides is 1. The molecule has 4 aromatic rings. The number of anilines is 1. The minimum Gasteiger partial charge on any atom is -0.351 e. The number of aryl methyl sites for hydroxylation is 2. The highest BCUT2D eigenvalue weighted by molar-refractivity contribution is 7.18. The number of thiazole rings is 1. The Labute approximate surface area is 137 Å². The average molecular weight is 321 g/mol. The van der Waals surface area contributed by atoms with Crippen molar-refractivity contribution in [3.05, 3.63) is 59.2 Å². The summed E-state index contributed by atoms with van der Waals surface area (Å²) in [5.74, 6) is -0.101. The maximum atomic E-state index is 12.5. The summed E-state index contributed by atoms with van der Waals surface area (Å²) in [4.78, 5) is 16.9. The van der Waals surface area contributed by atoms with E-state index in [-0.39, 0.29) is 5.91 Å². The van der Waals surface area contributed by atoms with Gasteiger partial charge in [-0.25, -0.2) is 4.98 Å². The molecule has 0 fully saturated rings. The molecule has 0 radical (unpaired) electrons. The monoisotopic (exact) mass is 321 g/mol. The van der Waals surface area contributed by atoms with E-state index >= 15 is 0 Å². The second kappa shape index (κ2) is 5.21.